The summed E-state index contributed by atoms with van der Waals surface area (Å²) in [4.78, 5) is 17.9. The molecule has 1 aliphatic heterocycles. The number of furan rings is 2. The first-order valence-corrected chi connectivity index (χ1v) is 11.6. The van der Waals surface area contributed by atoms with Crippen molar-refractivity contribution in [2.45, 2.75) is 13.0 Å². The van der Waals surface area contributed by atoms with Crippen LogP contribution in [0.2, 0.25) is 0 Å². The van der Waals surface area contributed by atoms with Gasteiger partial charge < -0.3 is 23.8 Å². The highest BCUT2D eigenvalue weighted by molar-refractivity contribution is 6.08. The molecule has 0 aliphatic carbocycles. The topological polar surface area (TPSA) is 71.1 Å². The number of hydrogen-bond acceptors (Lipinski definition) is 6. The van der Waals surface area contributed by atoms with Crippen molar-refractivity contribution in [1.82, 2.24) is 9.80 Å². The monoisotopic (exact) mass is 459 g/mol. The zero-order valence-corrected chi connectivity index (χ0v) is 19.5. The van der Waals surface area contributed by atoms with Crippen LogP contribution in [0.25, 0.3) is 11.0 Å². The maximum atomic E-state index is 13.0. The quantitative estimate of drug-likeness (QED) is 0.419. The average molecular weight is 460 g/mol. The van der Waals surface area contributed by atoms with Gasteiger partial charge >= 0.3 is 0 Å². The summed E-state index contributed by atoms with van der Waals surface area (Å²) in [6, 6.07) is 18.9. The molecule has 0 spiro atoms. The lowest BCUT2D eigenvalue weighted by Crippen LogP contribution is -2.47. The molecule has 3 heterocycles. The van der Waals surface area contributed by atoms with Crippen molar-refractivity contribution < 1.29 is 18.4 Å². The Morgan fingerprint density at radius 3 is 2.53 bits per heavy atom. The van der Waals surface area contributed by atoms with Gasteiger partial charge in [0, 0.05) is 37.1 Å². The number of likely N-dealkylation sites (N-methyl/N-ethyl adjacent to an activating group) is 1. The van der Waals surface area contributed by atoms with Gasteiger partial charge in [-0.3, -0.25) is 9.69 Å². The summed E-state index contributed by atoms with van der Waals surface area (Å²) in [6.07, 6.45) is 1.49. The number of piperazine rings is 1. The maximum Gasteiger partial charge on any atom is 0.291 e. The molecule has 0 bridgehead atoms. The number of nitrogens with one attached hydrogen (secondary N) is 1. The summed E-state index contributed by atoms with van der Waals surface area (Å²) in [5, 5.41) is 3.93. The molecule has 2 aromatic heterocycles. The number of amides is 1. The van der Waals surface area contributed by atoms with E-state index in [4.69, 9.17) is 13.6 Å². The third-order valence-electron chi connectivity index (χ3n) is 6.51. The minimum Gasteiger partial charge on any atom is -0.496 e. The molecule has 1 aliphatic rings. The lowest BCUT2D eigenvalue weighted by atomic mass is 9.98. The summed E-state index contributed by atoms with van der Waals surface area (Å²) in [6.45, 7) is 6.91. The number of benzene rings is 2. The van der Waals surface area contributed by atoms with E-state index < -0.39 is 0 Å². The molecule has 1 unspecified atom stereocenters. The number of carbonyl (C=O) groups excluding carboxylic acids is 1. The Balaban J connectivity index is 1.64. The molecular formula is C27H29N3O4. The predicted molar refractivity (Wildman–Crippen MR) is 131 cm³/mol. The SMILES string of the molecule is CCN1CCN(C(c2ccccc2OC)c2oc3ccccc3c2NC(=O)c2ccco2)CC1. The van der Waals surface area contributed by atoms with Gasteiger partial charge in [0.25, 0.3) is 5.91 Å². The zero-order chi connectivity index (χ0) is 23.5. The Morgan fingerprint density at radius 2 is 1.79 bits per heavy atom. The van der Waals surface area contributed by atoms with Crippen LogP contribution in [0, 0.1) is 0 Å². The van der Waals surface area contributed by atoms with Crippen LogP contribution in [0.5, 0.6) is 5.75 Å². The van der Waals surface area contributed by atoms with Crippen LogP contribution in [0.15, 0.2) is 75.8 Å². The van der Waals surface area contributed by atoms with Gasteiger partial charge in [-0.15, -0.1) is 0 Å². The van der Waals surface area contributed by atoms with Crippen LogP contribution in [-0.4, -0.2) is 55.5 Å². The summed E-state index contributed by atoms with van der Waals surface area (Å²) in [7, 11) is 1.68. The number of rotatable bonds is 7. The van der Waals surface area contributed by atoms with Crippen LogP contribution in [0.4, 0.5) is 5.69 Å². The molecule has 2 aromatic carbocycles. The Kier molecular flexibility index (Phi) is 6.38. The molecule has 4 aromatic rings. The number of methoxy groups -OCH3 is 1. The Hall–Kier alpha value is -3.55. The number of carbonyl (C=O) groups is 1. The molecule has 34 heavy (non-hydrogen) atoms. The van der Waals surface area contributed by atoms with Gasteiger partial charge in [-0.2, -0.15) is 0 Å². The van der Waals surface area contributed by atoms with Crippen molar-refractivity contribution in [3.63, 3.8) is 0 Å². The van der Waals surface area contributed by atoms with Gasteiger partial charge in [-0.25, -0.2) is 0 Å². The Labute approximate surface area is 198 Å². The first kappa shape index (κ1) is 22.3. The van der Waals surface area contributed by atoms with Crippen LogP contribution in [0.3, 0.4) is 0 Å². The molecule has 1 amide bonds. The third-order valence-corrected chi connectivity index (χ3v) is 6.51. The summed E-state index contributed by atoms with van der Waals surface area (Å²) in [5.74, 6) is 1.42. The van der Waals surface area contributed by atoms with E-state index in [2.05, 4.69) is 28.1 Å². The third kappa shape index (κ3) is 4.20. The number of ether oxygens (including phenoxy) is 1. The first-order chi connectivity index (χ1) is 16.7. The van der Waals surface area contributed by atoms with Crippen LogP contribution in [0.1, 0.15) is 34.8 Å². The number of nitrogens with zero attached hydrogens (tertiary/aromatic N) is 2. The van der Waals surface area contributed by atoms with E-state index in [9.17, 15) is 4.79 Å². The van der Waals surface area contributed by atoms with Gasteiger partial charge in [-0.1, -0.05) is 37.3 Å². The zero-order valence-electron chi connectivity index (χ0n) is 19.5. The first-order valence-electron chi connectivity index (χ1n) is 11.6. The molecule has 5 rings (SSSR count). The predicted octanol–water partition coefficient (Wildman–Crippen LogP) is 5.01. The van der Waals surface area contributed by atoms with E-state index >= 15 is 0 Å². The maximum absolute atomic E-state index is 13.0. The lowest BCUT2D eigenvalue weighted by Gasteiger charge is -2.39. The highest BCUT2D eigenvalue weighted by Gasteiger charge is 2.34. The van der Waals surface area contributed by atoms with E-state index in [1.54, 1.807) is 19.2 Å². The van der Waals surface area contributed by atoms with Crippen molar-refractivity contribution >= 4 is 22.6 Å². The standard InChI is InChI=1S/C27H29N3O4/c1-3-29-14-16-30(17-15-29)25(20-10-5-6-11-21(20)32-2)26-24(19-9-4-7-12-22(19)34-26)28-27(31)23-13-8-18-33-23/h4-13,18,25H,3,14-17H2,1-2H3,(H,28,31). The largest absolute Gasteiger partial charge is 0.496 e. The number of para-hydroxylation sites is 2. The Morgan fingerprint density at radius 1 is 1.03 bits per heavy atom. The highest BCUT2D eigenvalue weighted by atomic mass is 16.5. The van der Waals surface area contributed by atoms with Gasteiger partial charge in [0.05, 0.1) is 25.1 Å². The van der Waals surface area contributed by atoms with Crippen molar-refractivity contribution in [2.75, 3.05) is 45.2 Å². The molecule has 1 atom stereocenters. The second-order valence-corrected chi connectivity index (χ2v) is 8.38. The smallest absolute Gasteiger partial charge is 0.291 e. The molecule has 176 valence electrons. The summed E-state index contributed by atoms with van der Waals surface area (Å²) >= 11 is 0. The molecular weight excluding hydrogens is 430 g/mol. The normalized spacial score (nSPS) is 15.9. The van der Waals surface area contributed by atoms with Crippen LogP contribution in [-0.2, 0) is 0 Å². The van der Waals surface area contributed by atoms with Gasteiger partial charge in [0.15, 0.2) is 11.5 Å². The van der Waals surface area contributed by atoms with Crippen molar-refractivity contribution in [3.8, 4) is 5.75 Å². The van der Waals surface area contributed by atoms with Crippen LogP contribution < -0.4 is 10.1 Å². The molecule has 1 fully saturated rings. The minimum absolute atomic E-state index is 0.227. The van der Waals surface area contributed by atoms with Gasteiger partial charge in [0.1, 0.15) is 11.3 Å². The average Bonchev–Trinajstić information content (AvgIpc) is 3.54. The summed E-state index contributed by atoms with van der Waals surface area (Å²) < 4.78 is 17.6. The molecule has 1 saturated heterocycles. The van der Waals surface area contributed by atoms with E-state index in [1.165, 1.54) is 6.26 Å². The fourth-order valence-electron chi connectivity index (χ4n) is 4.70. The second kappa shape index (κ2) is 9.75. The summed E-state index contributed by atoms with van der Waals surface area (Å²) in [5.41, 5.74) is 2.38. The molecule has 7 heteroatoms. The van der Waals surface area contributed by atoms with Crippen molar-refractivity contribution in [2.24, 2.45) is 0 Å². The number of anilines is 1. The minimum atomic E-state index is -0.313. The van der Waals surface area contributed by atoms with E-state index in [1.807, 2.05) is 42.5 Å². The fourth-order valence-corrected chi connectivity index (χ4v) is 4.70. The fraction of sp³-hybridized carbons (Fsp3) is 0.296. The molecule has 0 saturated carbocycles. The number of fused-ring (bicyclic) bond motifs is 1. The number of hydrogen-bond donors (Lipinski definition) is 1. The molecule has 7 nitrogen and oxygen atoms in total. The van der Waals surface area contributed by atoms with Gasteiger partial charge in [0.2, 0.25) is 0 Å². The van der Waals surface area contributed by atoms with E-state index in [0.717, 1.165) is 55.0 Å². The highest BCUT2D eigenvalue weighted by Crippen LogP contribution is 2.43. The van der Waals surface area contributed by atoms with Crippen molar-refractivity contribution in [1.29, 1.82) is 0 Å². The van der Waals surface area contributed by atoms with E-state index in [0.29, 0.717) is 11.4 Å². The molecule has 1 N–H and O–H groups in total. The van der Waals surface area contributed by atoms with Gasteiger partial charge in [-0.05, 0) is 36.9 Å². The Bertz CT molecular complexity index is 1260. The second-order valence-electron chi connectivity index (χ2n) is 8.38. The van der Waals surface area contributed by atoms with Crippen molar-refractivity contribution in [3.05, 3.63) is 84.0 Å². The molecule has 0 radical (unpaired) electrons. The lowest BCUT2D eigenvalue weighted by molar-refractivity contribution is 0.0991. The van der Waals surface area contributed by atoms with E-state index in [-0.39, 0.29) is 17.7 Å². The van der Waals surface area contributed by atoms with Crippen LogP contribution >= 0.6 is 0 Å².